The van der Waals surface area contributed by atoms with E-state index in [0.29, 0.717) is 6.54 Å². The van der Waals surface area contributed by atoms with Gasteiger partial charge in [-0.05, 0) is 35.3 Å². The van der Waals surface area contributed by atoms with Gasteiger partial charge in [0.15, 0.2) is 6.54 Å². The maximum absolute atomic E-state index is 12.2. The first-order chi connectivity index (χ1) is 13.7. The third kappa shape index (κ3) is 5.54. The summed E-state index contributed by atoms with van der Waals surface area (Å²) < 4.78 is 0. The van der Waals surface area contributed by atoms with Crippen LogP contribution in [0.15, 0.2) is 60.7 Å². The van der Waals surface area contributed by atoms with Crippen molar-refractivity contribution in [1.82, 2.24) is 5.32 Å². The Kier molecular flexibility index (Phi) is 6.98. The predicted octanol–water partition coefficient (Wildman–Crippen LogP) is 1.68. The van der Waals surface area contributed by atoms with Gasteiger partial charge in [0.1, 0.15) is 0 Å². The molecule has 2 aromatic rings. The smallest absolute Gasteiger partial charge is 0.275 e. The summed E-state index contributed by atoms with van der Waals surface area (Å²) in [5.41, 5.74) is 4.50. The fourth-order valence-electron chi connectivity index (χ4n) is 3.47. The maximum Gasteiger partial charge on any atom is 0.275 e. The molecule has 5 nitrogen and oxygen atoms in total. The summed E-state index contributed by atoms with van der Waals surface area (Å²) in [5, 5.41) is 5.61. The van der Waals surface area contributed by atoms with Crippen molar-refractivity contribution >= 4 is 23.1 Å². The Morgan fingerprint density at radius 2 is 1.75 bits per heavy atom. The fourth-order valence-corrected chi connectivity index (χ4v) is 3.47. The summed E-state index contributed by atoms with van der Waals surface area (Å²) in [6.45, 7) is 4.18. The lowest BCUT2D eigenvalue weighted by atomic mass is 10.00. The summed E-state index contributed by atoms with van der Waals surface area (Å²) in [6, 6.07) is 18.1. The van der Waals surface area contributed by atoms with E-state index in [4.69, 9.17) is 0 Å². The highest BCUT2D eigenvalue weighted by Crippen LogP contribution is 2.17. The lowest BCUT2D eigenvalue weighted by Gasteiger charge is -2.23. The van der Waals surface area contributed by atoms with E-state index in [1.54, 1.807) is 0 Å². The van der Waals surface area contributed by atoms with Crippen LogP contribution in [-0.4, -0.2) is 38.0 Å². The zero-order valence-electron chi connectivity index (χ0n) is 16.3. The van der Waals surface area contributed by atoms with E-state index in [-0.39, 0.29) is 18.4 Å². The highest BCUT2D eigenvalue weighted by atomic mass is 16.2. The number of benzene rings is 2. The first kappa shape index (κ1) is 19.8. The van der Waals surface area contributed by atoms with Crippen molar-refractivity contribution in [3.8, 4) is 0 Å². The van der Waals surface area contributed by atoms with E-state index < -0.39 is 0 Å². The van der Waals surface area contributed by atoms with Gasteiger partial charge < -0.3 is 15.5 Å². The van der Waals surface area contributed by atoms with Gasteiger partial charge in [-0.25, -0.2) is 0 Å². The average molecular weight is 378 g/mol. The lowest BCUT2D eigenvalue weighted by Crippen LogP contribution is -3.13. The first-order valence-electron chi connectivity index (χ1n) is 9.88. The third-order valence-electron chi connectivity index (χ3n) is 5.06. The van der Waals surface area contributed by atoms with E-state index in [1.165, 1.54) is 16.0 Å². The molecule has 0 saturated heterocycles. The summed E-state index contributed by atoms with van der Waals surface area (Å²) in [5.74, 6) is -0.292. The standard InChI is InChI=1S/C23H27N3O2/c1-2-18-8-6-7-11-21(18)25-22(27)16-24-23(28)17-26-14-12-20(13-15-26)19-9-4-3-5-10-19/h3-12H,2,13-17H2,1H3,(H,24,28)(H,25,27)/p+1. The number of nitrogens with one attached hydrogen (secondary N) is 3. The Labute approximate surface area is 166 Å². The van der Waals surface area contributed by atoms with Gasteiger partial charge in [0.25, 0.3) is 5.91 Å². The first-order valence-corrected chi connectivity index (χ1v) is 9.88. The van der Waals surface area contributed by atoms with Crippen LogP contribution >= 0.6 is 0 Å². The molecule has 5 heteroatoms. The van der Waals surface area contributed by atoms with Crippen molar-refractivity contribution in [2.45, 2.75) is 19.8 Å². The monoisotopic (exact) mass is 378 g/mol. The number of hydrogen-bond donors (Lipinski definition) is 3. The molecular formula is C23H28N3O2+. The van der Waals surface area contributed by atoms with Crippen molar-refractivity contribution < 1.29 is 14.5 Å². The fraction of sp³-hybridized carbons (Fsp3) is 0.304. The molecule has 0 radical (unpaired) electrons. The van der Waals surface area contributed by atoms with Crippen molar-refractivity contribution in [2.24, 2.45) is 0 Å². The molecule has 1 aliphatic rings. The normalized spacial score (nSPS) is 16.2. The van der Waals surface area contributed by atoms with Crippen LogP contribution in [0.25, 0.3) is 5.57 Å². The number of rotatable bonds is 7. The van der Waals surface area contributed by atoms with Crippen LogP contribution in [0, 0.1) is 0 Å². The van der Waals surface area contributed by atoms with E-state index >= 15 is 0 Å². The average Bonchev–Trinajstić information content (AvgIpc) is 2.74. The SMILES string of the molecule is CCc1ccccc1NC(=O)CNC(=O)C[NH+]1CC=C(c2ccccc2)CC1. The number of amides is 2. The van der Waals surface area contributed by atoms with Crippen LogP contribution in [0.1, 0.15) is 24.5 Å². The van der Waals surface area contributed by atoms with Gasteiger partial charge >= 0.3 is 0 Å². The molecule has 2 amide bonds. The largest absolute Gasteiger partial charge is 0.342 e. The topological polar surface area (TPSA) is 62.6 Å². The molecule has 0 fully saturated rings. The molecule has 3 rings (SSSR count). The van der Waals surface area contributed by atoms with Gasteiger partial charge in [0, 0.05) is 12.1 Å². The van der Waals surface area contributed by atoms with Crippen LogP contribution in [-0.2, 0) is 16.0 Å². The third-order valence-corrected chi connectivity index (χ3v) is 5.06. The Balaban J connectivity index is 1.42. The van der Waals surface area contributed by atoms with Gasteiger partial charge in [-0.2, -0.15) is 0 Å². The molecule has 0 saturated carbocycles. The number of para-hydroxylation sites is 1. The molecule has 2 aromatic carbocycles. The second-order valence-corrected chi connectivity index (χ2v) is 7.06. The number of anilines is 1. The molecule has 1 heterocycles. The van der Waals surface area contributed by atoms with E-state index in [0.717, 1.165) is 37.2 Å². The molecule has 1 aliphatic heterocycles. The van der Waals surface area contributed by atoms with Crippen LogP contribution in [0.2, 0.25) is 0 Å². The molecule has 146 valence electrons. The molecule has 1 unspecified atom stereocenters. The second kappa shape index (κ2) is 9.85. The van der Waals surface area contributed by atoms with Crippen molar-refractivity contribution in [2.75, 3.05) is 31.5 Å². The van der Waals surface area contributed by atoms with Gasteiger partial charge in [-0.3, -0.25) is 9.59 Å². The molecule has 28 heavy (non-hydrogen) atoms. The highest BCUT2D eigenvalue weighted by Gasteiger charge is 2.19. The van der Waals surface area contributed by atoms with E-state index in [1.807, 2.05) is 49.4 Å². The summed E-state index contributed by atoms with van der Waals surface area (Å²) >= 11 is 0. The molecule has 0 aliphatic carbocycles. The van der Waals surface area contributed by atoms with Crippen LogP contribution in [0.5, 0.6) is 0 Å². The molecule has 0 spiro atoms. The summed E-state index contributed by atoms with van der Waals surface area (Å²) in [4.78, 5) is 25.6. The Hall–Kier alpha value is -2.92. The van der Waals surface area contributed by atoms with E-state index in [2.05, 4.69) is 28.8 Å². The number of aryl methyl sites for hydroxylation is 1. The highest BCUT2D eigenvalue weighted by molar-refractivity contribution is 5.95. The summed E-state index contributed by atoms with van der Waals surface area (Å²) in [6.07, 6.45) is 4.02. The number of carbonyl (C=O) groups excluding carboxylic acids is 2. The molecule has 0 bridgehead atoms. The van der Waals surface area contributed by atoms with Gasteiger partial charge in [0.2, 0.25) is 5.91 Å². The molecule has 1 atom stereocenters. The van der Waals surface area contributed by atoms with Crippen LogP contribution in [0.4, 0.5) is 5.69 Å². The maximum atomic E-state index is 12.2. The van der Waals surface area contributed by atoms with E-state index in [9.17, 15) is 9.59 Å². The van der Waals surface area contributed by atoms with Gasteiger partial charge in [0.05, 0.1) is 19.6 Å². The zero-order valence-corrected chi connectivity index (χ0v) is 16.3. The Bertz CT molecular complexity index is 846. The minimum Gasteiger partial charge on any atom is -0.342 e. The lowest BCUT2D eigenvalue weighted by molar-refractivity contribution is -0.886. The van der Waals surface area contributed by atoms with Crippen molar-refractivity contribution in [1.29, 1.82) is 0 Å². The zero-order chi connectivity index (χ0) is 19.8. The second-order valence-electron chi connectivity index (χ2n) is 7.06. The quantitative estimate of drug-likeness (QED) is 0.686. The Morgan fingerprint density at radius 3 is 2.46 bits per heavy atom. The summed E-state index contributed by atoms with van der Waals surface area (Å²) in [7, 11) is 0. The van der Waals surface area contributed by atoms with Crippen LogP contribution in [0.3, 0.4) is 0 Å². The van der Waals surface area contributed by atoms with Crippen molar-refractivity contribution in [3.63, 3.8) is 0 Å². The van der Waals surface area contributed by atoms with Gasteiger partial charge in [-0.15, -0.1) is 0 Å². The Morgan fingerprint density at radius 1 is 1.00 bits per heavy atom. The number of quaternary nitrogens is 1. The van der Waals surface area contributed by atoms with Crippen molar-refractivity contribution in [3.05, 3.63) is 71.8 Å². The molecule has 0 aromatic heterocycles. The predicted molar refractivity (Wildman–Crippen MR) is 112 cm³/mol. The molecule has 3 N–H and O–H groups in total. The van der Waals surface area contributed by atoms with Crippen LogP contribution < -0.4 is 15.5 Å². The molecular weight excluding hydrogens is 350 g/mol. The minimum atomic E-state index is -0.200. The minimum absolute atomic E-state index is 0.00470. The van der Waals surface area contributed by atoms with Gasteiger partial charge in [-0.1, -0.05) is 55.5 Å². The number of carbonyl (C=O) groups is 2. The number of hydrogen-bond acceptors (Lipinski definition) is 2.